The lowest BCUT2D eigenvalue weighted by atomic mass is 10.1. The van der Waals surface area contributed by atoms with Crippen LogP contribution in [0.15, 0.2) is 89.9 Å². The van der Waals surface area contributed by atoms with Crippen molar-refractivity contribution in [2.45, 2.75) is 45.4 Å². The molecule has 37 heavy (non-hydrogen) atoms. The minimum absolute atomic E-state index is 0.0729. The van der Waals surface area contributed by atoms with Crippen LogP contribution in [0.3, 0.4) is 0 Å². The number of benzene rings is 3. The van der Waals surface area contributed by atoms with Gasteiger partial charge < -0.3 is 18.6 Å². The van der Waals surface area contributed by atoms with E-state index in [1.165, 1.54) is 0 Å². The van der Waals surface area contributed by atoms with Crippen molar-refractivity contribution in [3.8, 4) is 0 Å². The predicted molar refractivity (Wildman–Crippen MR) is 151 cm³/mol. The average Bonchev–Trinajstić information content (AvgIpc) is 3.58. The average molecular weight is 513 g/mol. The first-order valence-electron chi connectivity index (χ1n) is 13.3. The van der Waals surface area contributed by atoms with Crippen molar-refractivity contribution < 1.29 is 14.0 Å². The van der Waals surface area contributed by atoms with E-state index in [2.05, 4.69) is 30.5 Å². The van der Waals surface area contributed by atoms with Crippen molar-refractivity contribution in [3.05, 3.63) is 90.5 Å². The molecule has 1 fully saturated rings. The van der Waals surface area contributed by atoms with Gasteiger partial charge in [-0.05, 0) is 31.2 Å². The summed E-state index contributed by atoms with van der Waals surface area (Å²) in [6.45, 7) is 5.56. The van der Waals surface area contributed by atoms with Gasteiger partial charge in [0.2, 0.25) is 5.90 Å². The molecule has 2 atom stereocenters. The van der Waals surface area contributed by atoms with Crippen molar-refractivity contribution in [1.82, 2.24) is 4.57 Å². The third-order valence-corrected chi connectivity index (χ3v) is 10.6. The van der Waals surface area contributed by atoms with Crippen LogP contribution < -0.4 is 16.0 Å². The van der Waals surface area contributed by atoms with E-state index in [-0.39, 0.29) is 12.3 Å². The van der Waals surface area contributed by atoms with Gasteiger partial charge in [-0.25, -0.2) is 4.99 Å². The van der Waals surface area contributed by atoms with E-state index in [0.717, 1.165) is 51.8 Å². The summed E-state index contributed by atoms with van der Waals surface area (Å²) in [7, 11) is -3.36. The third-order valence-electron chi connectivity index (χ3n) is 7.52. The number of aromatic nitrogens is 1. The first-order valence-corrected chi connectivity index (χ1v) is 15.0. The summed E-state index contributed by atoms with van der Waals surface area (Å²) in [6.07, 6.45) is 2.78. The van der Waals surface area contributed by atoms with Gasteiger partial charge in [-0.3, -0.25) is 0 Å². The zero-order chi connectivity index (χ0) is 25.4. The third kappa shape index (κ3) is 4.15. The van der Waals surface area contributed by atoms with Crippen LogP contribution in [0.25, 0.3) is 10.9 Å². The molecule has 1 aromatic heterocycles. The van der Waals surface area contributed by atoms with Gasteiger partial charge in [0.15, 0.2) is 7.14 Å². The zero-order valence-electron chi connectivity index (χ0n) is 21.4. The summed E-state index contributed by atoms with van der Waals surface area (Å²) in [5.74, 6) is 0.942. The molecule has 3 aromatic carbocycles. The summed E-state index contributed by atoms with van der Waals surface area (Å²) in [4.78, 5) is 5.05. The molecule has 0 N–H and O–H groups in total. The van der Waals surface area contributed by atoms with E-state index in [1.807, 2.05) is 72.8 Å². The molecule has 0 unspecified atom stereocenters. The highest BCUT2D eigenvalue weighted by atomic mass is 31.2. The minimum atomic E-state index is -3.36. The molecule has 0 amide bonds. The normalized spacial score (nSPS) is 20.2. The lowest BCUT2D eigenvalue weighted by molar-refractivity contribution is -0.0274. The molecule has 2 aliphatic heterocycles. The van der Waals surface area contributed by atoms with E-state index in [4.69, 9.17) is 14.5 Å². The Balaban J connectivity index is 1.74. The van der Waals surface area contributed by atoms with E-state index < -0.39 is 7.14 Å². The second-order valence-electron chi connectivity index (χ2n) is 10.2. The number of nitrogens with zero attached hydrogens (tertiary/aromatic N) is 2. The fraction of sp³-hybridized carbons (Fsp3) is 0.323. The Bertz CT molecular complexity index is 1430. The van der Waals surface area contributed by atoms with Crippen molar-refractivity contribution in [3.63, 3.8) is 0 Å². The van der Waals surface area contributed by atoms with Gasteiger partial charge in [0, 0.05) is 22.6 Å². The van der Waals surface area contributed by atoms with Gasteiger partial charge in [-0.1, -0.05) is 92.7 Å². The fourth-order valence-electron chi connectivity index (χ4n) is 5.53. The molecule has 6 rings (SSSR count). The molecular weight excluding hydrogens is 479 g/mol. The Morgan fingerprint density at radius 2 is 1.54 bits per heavy atom. The van der Waals surface area contributed by atoms with E-state index in [1.54, 1.807) is 0 Å². The Morgan fingerprint density at radius 3 is 2.14 bits per heavy atom. The molecular formula is C31H33N2O3P. The highest BCUT2D eigenvalue weighted by molar-refractivity contribution is 7.85. The summed E-state index contributed by atoms with van der Waals surface area (Å²) in [5, 5.41) is 2.59. The fourth-order valence-corrected chi connectivity index (χ4v) is 8.57. The SMILES string of the molecule is CC(C)[C@H]1COC(c2c(P(=O)(c3ccccc3)c3ccccc3)n([C@@H]3CCCCO3)c3ccccc23)=N1. The van der Waals surface area contributed by atoms with Crippen LogP contribution in [0, 0.1) is 5.92 Å². The van der Waals surface area contributed by atoms with E-state index >= 15 is 4.57 Å². The molecule has 190 valence electrons. The molecule has 0 radical (unpaired) electrons. The summed E-state index contributed by atoms with van der Waals surface area (Å²) < 4.78 is 30.7. The largest absolute Gasteiger partial charge is 0.475 e. The van der Waals surface area contributed by atoms with Crippen molar-refractivity contribution in [2.24, 2.45) is 10.9 Å². The zero-order valence-corrected chi connectivity index (χ0v) is 22.3. The molecule has 2 aliphatic rings. The van der Waals surface area contributed by atoms with Crippen molar-refractivity contribution >= 4 is 40.0 Å². The molecule has 5 nitrogen and oxygen atoms in total. The molecule has 0 spiro atoms. The highest BCUT2D eigenvalue weighted by Crippen LogP contribution is 2.47. The first-order chi connectivity index (χ1) is 18.1. The summed E-state index contributed by atoms with van der Waals surface area (Å²) >= 11 is 0. The molecule has 0 saturated carbocycles. The Labute approximate surface area is 218 Å². The molecule has 4 aromatic rings. The Kier molecular flexibility index (Phi) is 6.52. The Morgan fingerprint density at radius 1 is 0.892 bits per heavy atom. The number of rotatable bonds is 6. The van der Waals surface area contributed by atoms with Gasteiger partial charge in [-0.15, -0.1) is 0 Å². The molecule has 1 saturated heterocycles. The maximum Gasteiger partial charge on any atom is 0.219 e. The number of ether oxygens (including phenoxy) is 2. The maximum atomic E-state index is 15.9. The summed E-state index contributed by atoms with van der Waals surface area (Å²) in [5.41, 5.74) is 2.59. The highest BCUT2D eigenvalue weighted by Gasteiger charge is 2.41. The number of aliphatic imine (C=N–C) groups is 1. The molecule has 6 heteroatoms. The molecule has 3 heterocycles. The van der Waals surface area contributed by atoms with Crippen molar-refractivity contribution in [1.29, 1.82) is 0 Å². The van der Waals surface area contributed by atoms with Gasteiger partial charge in [-0.2, -0.15) is 0 Å². The van der Waals surface area contributed by atoms with Crippen LogP contribution in [-0.4, -0.2) is 29.7 Å². The number of fused-ring (bicyclic) bond motifs is 1. The maximum absolute atomic E-state index is 15.9. The van der Waals surface area contributed by atoms with Gasteiger partial charge in [0.25, 0.3) is 0 Å². The van der Waals surface area contributed by atoms with Crippen LogP contribution in [0.1, 0.15) is 44.9 Å². The smallest absolute Gasteiger partial charge is 0.219 e. The van der Waals surface area contributed by atoms with Gasteiger partial charge in [0.05, 0.1) is 17.1 Å². The van der Waals surface area contributed by atoms with Crippen LogP contribution in [-0.2, 0) is 14.0 Å². The number of hydrogen-bond acceptors (Lipinski definition) is 4. The van der Waals surface area contributed by atoms with Crippen LogP contribution in [0.5, 0.6) is 0 Å². The summed E-state index contributed by atoms with van der Waals surface area (Å²) in [6, 6.07) is 28.1. The van der Waals surface area contributed by atoms with E-state index in [0.29, 0.717) is 25.0 Å². The lowest BCUT2D eigenvalue weighted by Crippen LogP contribution is -2.36. The second kappa shape index (κ2) is 9.96. The van der Waals surface area contributed by atoms with Crippen LogP contribution >= 0.6 is 7.14 Å². The first kappa shape index (κ1) is 24.2. The van der Waals surface area contributed by atoms with Gasteiger partial charge in [0.1, 0.15) is 18.3 Å². The topological polar surface area (TPSA) is 52.8 Å². The number of para-hydroxylation sites is 1. The van der Waals surface area contributed by atoms with Crippen molar-refractivity contribution in [2.75, 3.05) is 13.2 Å². The Hall–Kier alpha value is -3.14. The van der Waals surface area contributed by atoms with Crippen LogP contribution in [0.4, 0.5) is 0 Å². The van der Waals surface area contributed by atoms with Gasteiger partial charge >= 0.3 is 0 Å². The minimum Gasteiger partial charge on any atom is -0.475 e. The standard InChI is InChI=1S/C31H33N2O3P/c1-22(2)26-21-36-30(32-26)29-25-17-9-10-18-27(25)33(28-19-11-12-20-35-28)31(29)37(34,23-13-5-3-6-14-23)24-15-7-4-8-16-24/h3-10,13-18,22,26,28H,11-12,19-21H2,1-2H3/t26-,28+/m1/s1. The number of hydrogen-bond donors (Lipinski definition) is 0. The lowest BCUT2D eigenvalue weighted by Gasteiger charge is -2.30. The monoisotopic (exact) mass is 512 g/mol. The predicted octanol–water partition coefficient (Wildman–Crippen LogP) is 5.78. The molecule has 0 aliphatic carbocycles. The van der Waals surface area contributed by atoms with E-state index in [9.17, 15) is 0 Å². The quantitative estimate of drug-likeness (QED) is 0.308. The molecule has 0 bridgehead atoms. The van der Waals surface area contributed by atoms with Crippen LogP contribution in [0.2, 0.25) is 0 Å². The second-order valence-corrected chi connectivity index (χ2v) is 12.9.